The zero-order chi connectivity index (χ0) is 9.26. The van der Waals surface area contributed by atoms with E-state index in [9.17, 15) is 4.79 Å². The Morgan fingerprint density at radius 2 is 2.15 bits per heavy atom. The molecule has 0 aromatic rings. The third kappa shape index (κ3) is 2.21. The summed E-state index contributed by atoms with van der Waals surface area (Å²) in [6.45, 7) is 1.78. The van der Waals surface area contributed by atoms with Gasteiger partial charge in [0.25, 0.3) is 0 Å². The lowest BCUT2D eigenvalue weighted by Gasteiger charge is -2.29. The van der Waals surface area contributed by atoms with Crippen LogP contribution in [0.5, 0.6) is 0 Å². The minimum absolute atomic E-state index is 0.0816. The highest BCUT2D eigenvalue weighted by atomic mass is 16.4. The Bertz CT molecular complexity index is 201. The molecular weight excluding hydrogens is 166 g/mol. The van der Waals surface area contributed by atoms with Crippen LogP contribution in [0.1, 0.15) is 25.7 Å². The maximum atomic E-state index is 10.9. The predicted molar refractivity (Wildman–Crippen MR) is 49.4 cm³/mol. The molecule has 0 bridgehead atoms. The average molecular weight is 183 g/mol. The van der Waals surface area contributed by atoms with Crippen LogP contribution in [0.25, 0.3) is 0 Å². The molecule has 2 aliphatic rings. The van der Waals surface area contributed by atoms with E-state index in [0.29, 0.717) is 5.92 Å². The number of hydrogen-bond acceptors (Lipinski definition) is 2. The summed E-state index contributed by atoms with van der Waals surface area (Å²) in [5.41, 5.74) is 0. The zero-order valence-corrected chi connectivity index (χ0v) is 7.83. The standard InChI is InChI=1S/C10H17NO2/c12-10(13)9-3-4-11-6-8(9)5-7-1-2-7/h7-9,11H,1-6H2,(H,12,13). The van der Waals surface area contributed by atoms with Crippen molar-refractivity contribution in [3.8, 4) is 0 Å². The van der Waals surface area contributed by atoms with Gasteiger partial charge in [-0.3, -0.25) is 4.79 Å². The van der Waals surface area contributed by atoms with Gasteiger partial charge in [0, 0.05) is 0 Å². The Labute approximate surface area is 78.5 Å². The highest BCUT2D eigenvalue weighted by Gasteiger charge is 2.34. The molecule has 0 radical (unpaired) electrons. The first kappa shape index (κ1) is 9.00. The lowest BCUT2D eigenvalue weighted by molar-refractivity contribution is -0.144. The molecule has 3 heteroatoms. The maximum absolute atomic E-state index is 10.9. The molecular formula is C10H17NO2. The minimum atomic E-state index is -0.591. The second-order valence-corrected chi connectivity index (χ2v) is 4.38. The van der Waals surface area contributed by atoms with Crippen LogP contribution in [0.3, 0.4) is 0 Å². The molecule has 0 aromatic carbocycles. The van der Waals surface area contributed by atoms with Crippen molar-refractivity contribution in [3.63, 3.8) is 0 Å². The zero-order valence-electron chi connectivity index (χ0n) is 7.83. The predicted octanol–water partition coefficient (Wildman–Crippen LogP) is 1.10. The van der Waals surface area contributed by atoms with E-state index in [1.165, 1.54) is 12.8 Å². The molecule has 2 unspecified atom stereocenters. The van der Waals surface area contributed by atoms with E-state index >= 15 is 0 Å². The Hall–Kier alpha value is -0.570. The largest absolute Gasteiger partial charge is 0.481 e. The number of piperidine rings is 1. The van der Waals surface area contributed by atoms with Crippen LogP contribution >= 0.6 is 0 Å². The van der Waals surface area contributed by atoms with Gasteiger partial charge in [-0.15, -0.1) is 0 Å². The number of aliphatic carboxylic acids is 1. The molecule has 2 N–H and O–H groups in total. The van der Waals surface area contributed by atoms with Crippen molar-refractivity contribution < 1.29 is 9.90 Å². The Balaban J connectivity index is 1.90. The first-order valence-electron chi connectivity index (χ1n) is 5.21. The van der Waals surface area contributed by atoms with Crippen LogP contribution in [0.15, 0.2) is 0 Å². The van der Waals surface area contributed by atoms with Crippen LogP contribution in [0, 0.1) is 17.8 Å². The minimum Gasteiger partial charge on any atom is -0.481 e. The first-order valence-corrected chi connectivity index (χ1v) is 5.21. The summed E-state index contributed by atoms with van der Waals surface area (Å²) in [7, 11) is 0. The summed E-state index contributed by atoms with van der Waals surface area (Å²) in [4.78, 5) is 10.9. The Morgan fingerprint density at radius 3 is 2.77 bits per heavy atom. The SMILES string of the molecule is O=C(O)C1CCNCC1CC1CC1. The van der Waals surface area contributed by atoms with Gasteiger partial charge in [0.15, 0.2) is 0 Å². The highest BCUT2D eigenvalue weighted by Crippen LogP contribution is 2.38. The Morgan fingerprint density at radius 1 is 1.38 bits per heavy atom. The maximum Gasteiger partial charge on any atom is 0.306 e. The molecule has 2 atom stereocenters. The van der Waals surface area contributed by atoms with Gasteiger partial charge in [0.05, 0.1) is 5.92 Å². The van der Waals surface area contributed by atoms with Crippen molar-refractivity contribution in [1.29, 1.82) is 0 Å². The highest BCUT2D eigenvalue weighted by molar-refractivity contribution is 5.70. The van der Waals surface area contributed by atoms with E-state index in [0.717, 1.165) is 31.8 Å². The van der Waals surface area contributed by atoms with Gasteiger partial charge in [-0.2, -0.15) is 0 Å². The molecule has 3 nitrogen and oxygen atoms in total. The number of carboxylic acids is 1. The van der Waals surface area contributed by atoms with E-state index < -0.39 is 5.97 Å². The molecule has 13 heavy (non-hydrogen) atoms. The molecule has 2 fully saturated rings. The van der Waals surface area contributed by atoms with Crippen molar-refractivity contribution in [1.82, 2.24) is 5.32 Å². The van der Waals surface area contributed by atoms with Crippen molar-refractivity contribution >= 4 is 5.97 Å². The monoisotopic (exact) mass is 183 g/mol. The molecule has 1 aliphatic heterocycles. The fourth-order valence-corrected chi connectivity index (χ4v) is 2.28. The lowest BCUT2D eigenvalue weighted by Crippen LogP contribution is -2.40. The van der Waals surface area contributed by atoms with Crippen LogP contribution in [-0.4, -0.2) is 24.2 Å². The third-order valence-electron chi connectivity index (χ3n) is 3.26. The van der Waals surface area contributed by atoms with Gasteiger partial charge in [0.1, 0.15) is 0 Å². The van der Waals surface area contributed by atoms with E-state index in [-0.39, 0.29) is 5.92 Å². The smallest absolute Gasteiger partial charge is 0.306 e. The van der Waals surface area contributed by atoms with Crippen molar-refractivity contribution in [2.24, 2.45) is 17.8 Å². The fraction of sp³-hybridized carbons (Fsp3) is 0.900. The quantitative estimate of drug-likeness (QED) is 0.688. The van der Waals surface area contributed by atoms with Gasteiger partial charge in [0.2, 0.25) is 0 Å². The molecule has 0 spiro atoms. The first-order chi connectivity index (χ1) is 6.27. The van der Waals surface area contributed by atoms with E-state index in [2.05, 4.69) is 5.32 Å². The number of carbonyl (C=O) groups is 1. The second kappa shape index (κ2) is 3.66. The van der Waals surface area contributed by atoms with E-state index in [4.69, 9.17) is 5.11 Å². The van der Waals surface area contributed by atoms with Crippen molar-refractivity contribution in [2.75, 3.05) is 13.1 Å². The number of hydrogen-bond donors (Lipinski definition) is 2. The van der Waals surface area contributed by atoms with E-state index in [1.807, 2.05) is 0 Å². The molecule has 74 valence electrons. The molecule has 1 aliphatic carbocycles. The lowest BCUT2D eigenvalue weighted by atomic mass is 9.83. The normalized spacial score (nSPS) is 34.5. The molecule has 2 rings (SSSR count). The van der Waals surface area contributed by atoms with Gasteiger partial charge in [-0.1, -0.05) is 12.8 Å². The summed E-state index contributed by atoms with van der Waals surface area (Å²) in [6, 6.07) is 0. The molecule has 1 heterocycles. The van der Waals surface area contributed by atoms with Gasteiger partial charge in [-0.05, 0) is 37.8 Å². The summed E-state index contributed by atoms with van der Waals surface area (Å²) in [5, 5.41) is 12.3. The summed E-state index contributed by atoms with van der Waals surface area (Å²) < 4.78 is 0. The number of rotatable bonds is 3. The second-order valence-electron chi connectivity index (χ2n) is 4.38. The van der Waals surface area contributed by atoms with Crippen LogP contribution < -0.4 is 5.32 Å². The molecule has 0 amide bonds. The summed E-state index contributed by atoms with van der Waals surface area (Å²) in [5.74, 6) is 0.555. The Kier molecular flexibility index (Phi) is 2.54. The van der Waals surface area contributed by atoms with Crippen LogP contribution in [0.4, 0.5) is 0 Å². The van der Waals surface area contributed by atoms with Crippen molar-refractivity contribution in [3.05, 3.63) is 0 Å². The summed E-state index contributed by atoms with van der Waals surface area (Å²) in [6.07, 6.45) is 4.59. The molecule has 1 saturated heterocycles. The van der Waals surface area contributed by atoms with E-state index in [1.54, 1.807) is 0 Å². The van der Waals surface area contributed by atoms with Crippen LogP contribution in [-0.2, 0) is 4.79 Å². The molecule has 0 aromatic heterocycles. The summed E-state index contributed by atoms with van der Waals surface area (Å²) >= 11 is 0. The van der Waals surface area contributed by atoms with Gasteiger partial charge in [-0.25, -0.2) is 0 Å². The van der Waals surface area contributed by atoms with Crippen LogP contribution in [0.2, 0.25) is 0 Å². The topological polar surface area (TPSA) is 49.3 Å². The van der Waals surface area contributed by atoms with Gasteiger partial charge < -0.3 is 10.4 Å². The average Bonchev–Trinajstić information content (AvgIpc) is 2.89. The van der Waals surface area contributed by atoms with Crippen molar-refractivity contribution in [2.45, 2.75) is 25.7 Å². The number of nitrogens with one attached hydrogen (secondary N) is 1. The van der Waals surface area contributed by atoms with Gasteiger partial charge >= 0.3 is 5.97 Å². The fourth-order valence-electron chi connectivity index (χ4n) is 2.28. The number of carboxylic acid groups (broad SMARTS) is 1. The molecule has 1 saturated carbocycles. The third-order valence-corrected chi connectivity index (χ3v) is 3.26.